The van der Waals surface area contributed by atoms with Crippen molar-refractivity contribution in [2.75, 3.05) is 124 Å². The van der Waals surface area contributed by atoms with Crippen molar-refractivity contribution in [3.05, 3.63) is 0 Å². The van der Waals surface area contributed by atoms with Crippen LogP contribution >= 0.6 is 0 Å². The summed E-state index contributed by atoms with van der Waals surface area (Å²) >= 11 is 0. The largest absolute Gasteiger partial charge is 0.500 e. The number of ether oxygens (including phenoxy) is 4. The van der Waals surface area contributed by atoms with Gasteiger partial charge in [0.1, 0.15) is 0 Å². The van der Waals surface area contributed by atoms with Crippen molar-refractivity contribution in [1.29, 1.82) is 0 Å². The van der Waals surface area contributed by atoms with Crippen LogP contribution < -0.4 is 0 Å². The van der Waals surface area contributed by atoms with Crippen LogP contribution in [-0.4, -0.2) is 183 Å². The van der Waals surface area contributed by atoms with Crippen molar-refractivity contribution in [2.45, 2.75) is 94.5 Å². The Kier molecular flexibility index (Phi) is 35.0. The van der Waals surface area contributed by atoms with Gasteiger partial charge in [-0.25, -0.2) is 0 Å². The fraction of sp³-hybridized carbons (Fsp3) is 1.00. The standard InChI is InChI=1S/C33H78N2O12Si4/c1-36-32(37-2)18-11-26-46-48-28-14-22-34(24-16-30-50(40-5,41-6)42-7)20-13-21-35(25-17-31-51(43-8,44-9)45-10)23-15-29-49-47-27-12-19-33(38-3)39-4/h32-33H,11-31,48-49H2,1-10H3. The van der Waals surface area contributed by atoms with Crippen molar-refractivity contribution in [3.8, 4) is 0 Å². The molecule has 0 saturated carbocycles. The third-order valence-electron chi connectivity index (χ3n) is 9.26. The van der Waals surface area contributed by atoms with Gasteiger partial charge in [-0.15, -0.1) is 0 Å². The monoisotopic (exact) mass is 806 g/mol. The van der Waals surface area contributed by atoms with Gasteiger partial charge in [-0.2, -0.15) is 0 Å². The van der Waals surface area contributed by atoms with E-state index >= 15 is 0 Å². The van der Waals surface area contributed by atoms with E-state index in [2.05, 4.69) is 9.80 Å². The molecule has 0 aliphatic rings. The molecule has 0 unspecified atom stereocenters. The Labute approximate surface area is 318 Å². The summed E-state index contributed by atoms with van der Waals surface area (Å²) in [5.74, 6) is 0. The van der Waals surface area contributed by atoms with Gasteiger partial charge >= 0.3 is 17.6 Å². The minimum Gasteiger partial charge on any atom is -0.424 e. The topological polar surface area (TPSA) is 117 Å². The van der Waals surface area contributed by atoms with Gasteiger partial charge in [0.15, 0.2) is 32.1 Å². The zero-order chi connectivity index (χ0) is 38.1. The minimum atomic E-state index is -2.59. The first kappa shape index (κ1) is 51.3. The number of hydrogen-bond donors (Lipinski definition) is 0. The lowest BCUT2D eigenvalue weighted by atomic mass is 10.2. The number of hydrogen-bond acceptors (Lipinski definition) is 14. The molecule has 0 atom stereocenters. The fourth-order valence-corrected chi connectivity index (χ4v) is 11.5. The molecule has 0 heterocycles. The normalized spacial score (nSPS) is 13.3. The average Bonchev–Trinajstić information content (AvgIpc) is 3.16. The molecule has 51 heavy (non-hydrogen) atoms. The Balaban J connectivity index is 5.04. The summed E-state index contributed by atoms with van der Waals surface area (Å²) in [5, 5.41) is 0. The maximum Gasteiger partial charge on any atom is 0.500 e. The SMILES string of the molecule is COC(CCCO[SiH2]CCCN(CCCN(CCC[SiH2]OCCCC(OC)OC)CCC[Si](OC)(OC)OC)CCC[Si](OC)(OC)OC)OC. The molecule has 0 amide bonds. The van der Waals surface area contributed by atoms with Gasteiger partial charge in [-0.1, -0.05) is 0 Å². The van der Waals surface area contributed by atoms with Gasteiger partial charge in [0.05, 0.1) is 0 Å². The molecule has 0 N–H and O–H groups in total. The van der Waals surface area contributed by atoms with Crippen LogP contribution in [0.3, 0.4) is 0 Å². The molecule has 0 spiro atoms. The van der Waals surface area contributed by atoms with E-state index in [-0.39, 0.29) is 12.6 Å². The molecular weight excluding hydrogens is 729 g/mol. The van der Waals surface area contributed by atoms with Crippen LogP contribution in [0.25, 0.3) is 0 Å². The Bertz CT molecular complexity index is 669. The first-order chi connectivity index (χ1) is 24.8. The summed E-state index contributed by atoms with van der Waals surface area (Å²) in [5.41, 5.74) is 0. The molecule has 14 nitrogen and oxygen atoms in total. The predicted molar refractivity (Wildman–Crippen MR) is 212 cm³/mol. The van der Waals surface area contributed by atoms with Crippen LogP contribution in [0.2, 0.25) is 24.2 Å². The molecule has 0 aromatic rings. The Hall–Kier alpha value is 0.308. The highest BCUT2D eigenvalue weighted by Crippen LogP contribution is 2.17. The van der Waals surface area contributed by atoms with Crippen molar-refractivity contribution in [3.63, 3.8) is 0 Å². The van der Waals surface area contributed by atoms with Crippen LogP contribution in [-0.2, 0) is 54.4 Å². The van der Waals surface area contributed by atoms with E-state index in [0.717, 1.165) is 122 Å². The first-order valence-electron chi connectivity index (χ1n) is 18.8. The summed E-state index contributed by atoms with van der Waals surface area (Å²) in [6.45, 7) is 7.77. The average molecular weight is 807 g/mol. The fourth-order valence-electron chi connectivity index (χ4n) is 5.99. The van der Waals surface area contributed by atoms with E-state index in [1.54, 1.807) is 71.1 Å². The molecule has 0 aliphatic heterocycles. The summed E-state index contributed by atoms with van der Waals surface area (Å²) in [6.07, 6.45) is 8.68. The highest BCUT2D eigenvalue weighted by molar-refractivity contribution is 6.60. The smallest absolute Gasteiger partial charge is 0.424 e. The molecule has 0 aromatic heterocycles. The first-order valence-corrected chi connectivity index (χ1v) is 25.8. The molecule has 0 fully saturated rings. The summed E-state index contributed by atoms with van der Waals surface area (Å²) in [4.78, 5) is 5.21. The maximum atomic E-state index is 6.03. The molecule has 0 radical (unpaired) electrons. The summed E-state index contributed by atoms with van der Waals surface area (Å²) < 4.78 is 67.3. The number of nitrogens with zero attached hydrogens (tertiary/aromatic N) is 2. The van der Waals surface area contributed by atoms with Crippen LogP contribution in [0, 0.1) is 0 Å². The van der Waals surface area contributed by atoms with Crippen molar-refractivity contribution < 1.29 is 54.4 Å². The molecule has 0 rings (SSSR count). The zero-order valence-corrected chi connectivity index (χ0v) is 39.0. The lowest BCUT2D eigenvalue weighted by molar-refractivity contribution is -0.108. The van der Waals surface area contributed by atoms with Gasteiger partial charge < -0.3 is 64.2 Å². The second-order valence-electron chi connectivity index (χ2n) is 12.6. The molecular formula is C33H78N2O12Si4. The van der Waals surface area contributed by atoms with E-state index in [0.29, 0.717) is 0 Å². The van der Waals surface area contributed by atoms with Gasteiger partial charge in [-0.05, 0) is 96.3 Å². The minimum absolute atomic E-state index is 0.144. The number of rotatable bonds is 40. The Morgan fingerprint density at radius 3 is 1.04 bits per heavy atom. The summed E-state index contributed by atoms with van der Waals surface area (Å²) in [6, 6.07) is 3.94. The second-order valence-corrected chi connectivity index (χ2v) is 21.8. The Morgan fingerprint density at radius 2 is 0.725 bits per heavy atom. The highest BCUT2D eigenvalue weighted by atomic mass is 28.4. The van der Waals surface area contributed by atoms with Crippen LogP contribution in [0.4, 0.5) is 0 Å². The van der Waals surface area contributed by atoms with Crippen molar-refractivity contribution in [2.24, 2.45) is 0 Å². The second kappa shape index (κ2) is 34.8. The maximum absolute atomic E-state index is 6.03. The predicted octanol–water partition coefficient (Wildman–Crippen LogP) is 3.13. The van der Waals surface area contributed by atoms with Crippen molar-refractivity contribution in [1.82, 2.24) is 9.80 Å². The van der Waals surface area contributed by atoms with E-state index in [1.165, 1.54) is 12.1 Å². The molecule has 18 heteroatoms. The van der Waals surface area contributed by atoms with Gasteiger partial charge in [0.2, 0.25) is 0 Å². The van der Waals surface area contributed by atoms with E-state index < -0.39 is 37.1 Å². The van der Waals surface area contributed by atoms with Crippen LogP contribution in [0.5, 0.6) is 0 Å². The number of methoxy groups -OCH3 is 4. The van der Waals surface area contributed by atoms with Gasteiger partial charge in [0, 0.05) is 109 Å². The van der Waals surface area contributed by atoms with E-state index in [4.69, 9.17) is 54.4 Å². The zero-order valence-electron chi connectivity index (χ0n) is 34.2. The molecule has 0 aromatic carbocycles. The summed E-state index contributed by atoms with van der Waals surface area (Å²) in [7, 11) is 10.6. The van der Waals surface area contributed by atoms with E-state index in [1.807, 2.05) is 0 Å². The lowest BCUT2D eigenvalue weighted by Gasteiger charge is -2.29. The van der Waals surface area contributed by atoms with Crippen LogP contribution in [0.1, 0.15) is 57.8 Å². The molecule has 0 bridgehead atoms. The molecule has 308 valence electrons. The Morgan fingerprint density at radius 1 is 0.412 bits per heavy atom. The lowest BCUT2D eigenvalue weighted by Crippen LogP contribution is -2.43. The highest BCUT2D eigenvalue weighted by Gasteiger charge is 2.38. The third kappa shape index (κ3) is 25.2. The van der Waals surface area contributed by atoms with Crippen LogP contribution in [0.15, 0.2) is 0 Å². The van der Waals surface area contributed by atoms with Crippen molar-refractivity contribution >= 4 is 37.1 Å². The third-order valence-corrected chi connectivity index (χ3v) is 17.7. The van der Waals surface area contributed by atoms with Gasteiger partial charge in [0.25, 0.3) is 0 Å². The molecule has 0 saturated heterocycles. The molecule has 0 aliphatic carbocycles. The van der Waals surface area contributed by atoms with Gasteiger partial charge in [-0.3, -0.25) is 0 Å². The van der Waals surface area contributed by atoms with E-state index in [9.17, 15) is 0 Å². The quantitative estimate of drug-likeness (QED) is 0.0513.